The normalized spacial score (nSPS) is 12.9. The van der Waals surface area contributed by atoms with Gasteiger partial charge in [0.05, 0.1) is 11.7 Å². The molecule has 1 aromatic heterocycles. The molecule has 0 spiro atoms. The molecule has 8 heteroatoms. The zero-order chi connectivity index (χ0) is 23.9. The molecule has 0 bridgehead atoms. The number of nitrogens with two attached hydrogens (primary N) is 1. The van der Waals surface area contributed by atoms with Gasteiger partial charge in [0.15, 0.2) is 0 Å². The maximum Gasteiger partial charge on any atom is 0.408 e. The van der Waals surface area contributed by atoms with Gasteiger partial charge in [-0.2, -0.15) is 0 Å². The predicted molar refractivity (Wildman–Crippen MR) is 132 cm³/mol. The molecule has 1 aromatic carbocycles. The Labute approximate surface area is 193 Å². The number of hydrogen-bond donors (Lipinski definition) is 2. The summed E-state index contributed by atoms with van der Waals surface area (Å²) in [5, 5.41) is 2.92. The molecule has 175 valence electrons. The Morgan fingerprint density at radius 3 is 2.72 bits per heavy atom. The van der Waals surface area contributed by atoms with Crippen molar-refractivity contribution in [2.75, 3.05) is 12.3 Å². The smallest absolute Gasteiger partial charge is 0.408 e. The zero-order valence-electron chi connectivity index (χ0n) is 20.2. The number of amides is 1. The number of aromatic nitrogens is 2. The highest BCUT2D eigenvalue weighted by molar-refractivity contribution is 6.76. The van der Waals surface area contributed by atoms with Gasteiger partial charge in [-0.1, -0.05) is 37.8 Å². The van der Waals surface area contributed by atoms with Gasteiger partial charge in [0.1, 0.15) is 18.2 Å². The first-order valence-corrected chi connectivity index (χ1v) is 14.6. The van der Waals surface area contributed by atoms with Crippen molar-refractivity contribution >= 4 is 19.9 Å². The van der Waals surface area contributed by atoms with Crippen LogP contribution < -0.4 is 11.1 Å². The molecule has 1 heterocycles. The Bertz CT molecular complexity index is 913. The maximum atomic E-state index is 12.5. The van der Waals surface area contributed by atoms with Gasteiger partial charge in [-0.05, 0) is 45.4 Å². The molecular formula is C24H37N4O3Si. The summed E-state index contributed by atoms with van der Waals surface area (Å²) in [6.07, 6.45) is 3.64. The van der Waals surface area contributed by atoms with Crippen LogP contribution in [-0.4, -0.2) is 35.9 Å². The molecule has 1 radical (unpaired) electrons. The first kappa shape index (κ1) is 25.7. The van der Waals surface area contributed by atoms with Crippen LogP contribution in [0.3, 0.4) is 0 Å². The van der Waals surface area contributed by atoms with Crippen LogP contribution in [0.15, 0.2) is 37.1 Å². The fraction of sp³-hybridized carbons (Fsp3) is 0.500. The fourth-order valence-corrected chi connectivity index (χ4v) is 3.76. The van der Waals surface area contributed by atoms with E-state index in [2.05, 4.69) is 37.6 Å². The van der Waals surface area contributed by atoms with Crippen LogP contribution in [0.4, 0.5) is 10.5 Å². The zero-order valence-corrected chi connectivity index (χ0v) is 21.2. The highest BCUT2D eigenvalue weighted by Gasteiger charge is 2.24. The average Bonchev–Trinajstić information content (AvgIpc) is 3.07. The third kappa shape index (κ3) is 8.16. The van der Waals surface area contributed by atoms with Crippen LogP contribution in [0.1, 0.15) is 39.1 Å². The molecule has 0 unspecified atom stereocenters. The number of ether oxygens (including phenoxy) is 2. The first-order valence-electron chi connectivity index (χ1n) is 10.9. The van der Waals surface area contributed by atoms with Crippen molar-refractivity contribution in [3.63, 3.8) is 0 Å². The van der Waals surface area contributed by atoms with Gasteiger partial charge in [0, 0.05) is 32.1 Å². The average molecular weight is 458 g/mol. The molecule has 0 aliphatic carbocycles. The molecule has 0 saturated heterocycles. The van der Waals surface area contributed by atoms with Crippen molar-refractivity contribution < 1.29 is 14.3 Å². The molecule has 2 aromatic rings. The fourth-order valence-electron chi connectivity index (χ4n) is 3.00. The third-order valence-electron chi connectivity index (χ3n) is 4.61. The summed E-state index contributed by atoms with van der Waals surface area (Å²) >= 11 is 0. The van der Waals surface area contributed by atoms with E-state index in [0.717, 1.165) is 11.6 Å². The highest BCUT2D eigenvalue weighted by atomic mass is 28.3. The second-order valence-electron chi connectivity index (χ2n) is 10.0. The number of benzene rings is 1. The monoisotopic (exact) mass is 457 g/mol. The minimum Gasteiger partial charge on any atom is -0.444 e. The topological polar surface area (TPSA) is 91.4 Å². The SMILES string of the molecule is C=CC[C@H](NC(=O)OC(C)(C)C)c1nc(-c2cc[c]cc2N)cn1COCC[Si](C)(C)C. The van der Waals surface area contributed by atoms with Crippen LogP contribution in [0, 0.1) is 6.07 Å². The molecule has 0 saturated carbocycles. The summed E-state index contributed by atoms with van der Waals surface area (Å²) in [5.41, 5.74) is 7.66. The van der Waals surface area contributed by atoms with E-state index in [1.165, 1.54) is 0 Å². The number of carbonyl (C=O) groups is 1. The third-order valence-corrected chi connectivity index (χ3v) is 6.32. The number of rotatable bonds is 10. The molecule has 0 fully saturated rings. The van der Waals surface area contributed by atoms with E-state index in [1.807, 2.05) is 37.6 Å². The number of alkyl carbamates (subject to hydrolysis) is 1. The molecule has 32 heavy (non-hydrogen) atoms. The lowest BCUT2D eigenvalue weighted by Gasteiger charge is -2.23. The highest BCUT2D eigenvalue weighted by Crippen LogP contribution is 2.28. The lowest BCUT2D eigenvalue weighted by molar-refractivity contribution is 0.0492. The van der Waals surface area contributed by atoms with Gasteiger partial charge >= 0.3 is 6.09 Å². The van der Waals surface area contributed by atoms with Crippen LogP contribution in [0.25, 0.3) is 11.3 Å². The Morgan fingerprint density at radius 2 is 2.12 bits per heavy atom. The number of hydrogen-bond acceptors (Lipinski definition) is 5. The number of nitrogens with one attached hydrogen (secondary N) is 1. The summed E-state index contributed by atoms with van der Waals surface area (Å²) in [7, 11) is -1.20. The van der Waals surface area contributed by atoms with Crippen LogP contribution in [0.2, 0.25) is 25.7 Å². The molecule has 1 atom stereocenters. The molecule has 3 N–H and O–H groups in total. The number of imidazole rings is 1. The van der Waals surface area contributed by atoms with Gasteiger partial charge in [-0.15, -0.1) is 6.58 Å². The quantitative estimate of drug-likeness (QED) is 0.216. The van der Waals surface area contributed by atoms with Gasteiger partial charge in [-0.3, -0.25) is 0 Å². The van der Waals surface area contributed by atoms with Crippen LogP contribution in [0.5, 0.6) is 0 Å². The van der Waals surface area contributed by atoms with Gasteiger partial charge in [-0.25, -0.2) is 9.78 Å². The standard InChI is InChI=1S/C24H37N4O3Si/c1-8-11-20(27-23(29)31-24(2,3)4)22-26-21(18-12-9-10-13-19(18)25)16-28(22)17-30-14-15-32(5,6)7/h8-9,12-13,16,20H,1,11,14-15,17,25H2,2-7H3,(H,27,29)/t20-/m0/s1. The molecule has 7 nitrogen and oxygen atoms in total. The van der Waals surface area contributed by atoms with Crippen molar-refractivity contribution in [2.45, 2.75) is 71.3 Å². The Hall–Kier alpha value is -2.58. The number of nitrogens with zero attached hydrogens (tertiary/aromatic N) is 2. The second-order valence-corrected chi connectivity index (χ2v) is 15.7. The summed E-state index contributed by atoms with van der Waals surface area (Å²) in [6, 6.07) is 9.01. The Balaban J connectivity index is 2.33. The number of anilines is 1. The lowest BCUT2D eigenvalue weighted by atomic mass is 10.1. The van der Waals surface area contributed by atoms with Crippen molar-refractivity contribution in [1.29, 1.82) is 0 Å². The van der Waals surface area contributed by atoms with E-state index in [-0.39, 0.29) is 0 Å². The van der Waals surface area contributed by atoms with E-state index >= 15 is 0 Å². The van der Waals surface area contributed by atoms with Gasteiger partial charge < -0.3 is 25.1 Å². The molecule has 0 aliphatic heterocycles. The van der Waals surface area contributed by atoms with Crippen molar-refractivity contribution in [1.82, 2.24) is 14.9 Å². The summed E-state index contributed by atoms with van der Waals surface area (Å²) in [5.74, 6) is 0.658. The maximum absolute atomic E-state index is 12.5. The lowest BCUT2D eigenvalue weighted by Crippen LogP contribution is -2.36. The van der Waals surface area contributed by atoms with Gasteiger partial charge in [0.25, 0.3) is 0 Å². The van der Waals surface area contributed by atoms with E-state index in [1.54, 1.807) is 18.2 Å². The van der Waals surface area contributed by atoms with E-state index in [0.29, 0.717) is 37.0 Å². The molecule has 1 amide bonds. The molecular weight excluding hydrogens is 420 g/mol. The van der Waals surface area contributed by atoms with Crippen molar-refractivity contribution in [3.8, 4) is 11.3 Å². The molecule has 0 aliphatic rings. The Morgan fingerprint density at radius 1 is 1.41 bits per heavy atom. The minimum atomic E-state index is -1.20. The minimum absolute atomic E-state index is 0.329. The van der Waals surface area contributed by atoms with Gasteiger partial charge in [0.2, 0.25) is 0 Å². The summed E-state index contributed by atoms with van der Waals surface area (Å²) in [6.45, 7) is 17.3. The largest absolute Gasteiger partial charge is 0.444 e. The first-order chi connectivity index (χ1) is 14.9. The predicted octanol–water partition coefficient (Wildman–Crippen LogP) is 5.39. The second kappa shape index (κ2) is 10.8. The summed E-state index contributed by atoms with van der Waals surface area (Å²) < 4.78 is 13.3. The van der Waals surface area contributed by atoms with E-state index in [9.17, 15) is 4.79 Å². The molecule has 2 rings (SSSR count). The van der Waals surface area contributed by atoms with Crippen molar-refractivity contribution in [3.05, 3.63) is 48.9 Å². The van der Waals surface area contributed by atoms with E-state index in [4.69, 9.17) is 20.2 Å². The van der Waals surface area contributed by atoms with E-state index < -0.39 is 25.8 Å². The van der Waals surface area contributed by atoms with Crippen LogP contribution >= 0.6 is 0 Å². The number of carbonyl (C=O) groups excluding carboxylic acids is 1. The van der Waals surface area contributed by atoms with Crippen LogP contribution in [-0.2, 0) is 16.2 Å². The Kier molecular flexibility index (Phi) is 8.69. The summed E-state index contributed by atoms with van der Waals surface area (Å²) in [4.78, 5) is 17.3. The number of nitrogen functional groups attached to an aromatic ring is 1. The van der Waals surface area contributed by atoms with Crippen molar-refractivity contribution in [2.24, 2.45) is 0 Å².